The Morgan fingerprint density at radius 3 is 3.04 bits per heavy atom. The highest BCUT2D eigenvalue weighted by Gasteiger charge is 2.29. The summed E-state index contributed by atoms with van der Waals surface area (Å²) in [4.78, 5) is 12.7. The van der Waals surface area contributed by atoms with Crippen molar-refractivity contribution in [3.63, 3.8) is 0 Å². The normalized spacial score (nSPS) is 23.0. The van der Waals surface area contributed by atoms with E-state index in [2.05, 4.69) is 35.6 Å². The van der Waals surface area contributed by atoms with E-state index in [1.807, 2.05) is 6.07 Å². The van der Waals surface area contributed by atoms with E-state index in [1.165, 1.54) is 11.1 Å². The van der Waals surface area contributed by atoms with Crippen LogP contribution < -0.4 is 5.32 Å². The lowest BCUT2D eigenvalue weighted by atomic mass is 9.86. The van der Waals surface area contributed by atoms with Gasteiger partial charge in [0.25, 0.3) is 5.91 Å². The molecule has 2 aliphatic carbocycles. The maximum Gasteiger partial charge on any atom is 0.274 e. The molecular formula is C19H22N2O2. The highest BCUT2D eigenvalue weighted by molar-refractivity contribution is 5.94. The van der Waals surface area contributed by atoms with Gasteiger partial charge < -0.3 is 9.84 Å². The maximum absolute atomic E-state index is 12.7. The smallest absolute Gasteiger partial charge is 0.274 e. The van der Waals surface area contributed by atoms with Gasteiger partial charge in [-0.3, -0.25) is 4.79 Å². The Labute approximate surface area is 136 Å². The lowest BCUT2D eigenvalue weighted by Crippen LogP contribution is -2.32. The first-order valence-electron chi connectivity index (χ1n) is 8.58. The van der Waals surface area contributed by atoms with Crippen molar-refractivity contribution in [3.05, 3.63) is 52.4 Å². The molecule has 0 spiro atoms. The second-order valence-electron chi connectivity index (χ2n) is 6.90. The van der Waals surface area contributed by atoms with Crippen LogP contribution in [0.4, 0.5) is 0 Å². The van der Waals surface area contributed by atoms with Gasteiger partial charge in [-0.1, -0.05) is 36.3 Å². The average Bonchev–Trinajstić information content (AvgIpc) is 2.98. The minimum atomic E-state index is -0.0918. The molecule has 1 aromatic heterocycles. The number of amides is 1. The molecule has 0 saturated heterocycles. The fraction of sp³-hybridized carbons (Fsp3) is 0.474. The molecule has 0 aliphatic heterocycles. The van der Waals surface area contributed by atoms with E-state index in [-0.39, 0.29) is 11.9 Å². The molecule has 2 atom stereocenters. The lowest BCUT2D eigenvalue weighted by Gasteiger charge is -2.26. The van der Waals surface area contributed by atoms with Gasteiger partial charge in [0.2, 0.25) is 0 Å². The molecule has 4 nitrogen and oxygen atoms in total. The van der Waals surface area contributed by atoms with Crippen LogP contribution >= 0.6 is 0 Å². The molecule has 1 N–H and O–H groups in total. The molecular weight excluding hydrogens is 288 g/mol. The molecule has 1 aromatic carbocycles. The van der Waals surface area contributed by atoms with Crippen molar-refractivity contribution in [2.75, 3.05) is 0 Å². The van der Waals surface area contributed by atoms with Crippen molar-refractivity contribution in [2.24, 2.45) is 5.92 Å². The van der Waals surface area contributed by atoms with Crippen LogP contribution in [0.15, 0.2) is 28.8 Å². The largest absolute Gasteiger partial charge is 0.360 e. The Balaban J connectivity index is 1.57. The second-order valence-corrected chi connectivity index (χ2v) is 6.90. The zero-order valence-corrected chi connectivity index (χ0v) is 13.5. The Bertz CT molecular complexity index is 735. The van der Waals surface area contributed by atoms with E-state index in [9.17, 15) is 4.79 Å². The third-order valence-electron chi connectivity index (χ3n) is 5.18. The highest BCUT2D eigenvalue weighted by atomic mass is 16.5. The van der Waals surface area contributed by atoms with Crippen molar-refractivity contribution < 1.29 is 9.32 Å². The summed E-state index contributed by atoms with van der Waals surface area (Å²) in [6.45, 7) is 2.22. The quantitative estimate of drug-likeness (QED) is 0.922. The summed E-state index contributed by atoms with van der Waals surface area (Å²) in [7, 11) is 0. The number of fused-ring (bicyclic) bond motifs is 2. The van der Waals surface area contributed by atoms with Gasteiger partial charge >= 0.3 is 0 Å². The molecule has 1 amide bonds. The van der Waals surface area contributed by atoms with E-state index in [4.69, 9.17) is 4.52 Å². The molecule has 2 aromatic rings. The van der Waals surface area contributed by atoms with E-state index < -0.39 is 0 Å². The summed E-state index contributed by atoms with van der Waals surface area (Å²) in [5.41, 5.74) is 4.11. The number of aryl methyl sites for hydroxylation is 2. The number of hydrogen-bond acceptors (Lipinski definition) is 3. The van der Waals surface area contributed by atoms with Crippen molar-refractivity contribution in [3.8, 4) is 0 Å². The predicted octanol–water partition coefficient (Wildman–Crippen LogP) is 3.61. The predicted molar refractivity (Wildman–Crippen MR) is 87.3 cm³/mol. The van der Waals surface area contributed by atoms with Gasteiger partial charge in [-0.05, 0) is 49.1 Å². The Morgan fingerprint density at radius 1 is 1.26 bits per heavy atom. The van der Waals surface area contributed by atoms with Crippen LogP contribution in [0.3, 0.4) is 0 Å². The minimum Gasteiger partial charge on any atom is -0.360 e. The SMILES string of the molecule is CC1CCc2onc(C(=O)NC3CCCc4ccccc43)c2C1. The summed E-state index contributed by atoms with van der Waals surface area (Å²) in [5, 5.41) is 7.25. The first kappa shape index (κ1) is 14.5. The first-order valence-corrected chi connectivity index (χ1v) is 8.58. The van der Waals surface area contributed by atoms with Crippen LogP contribution in [-0.4, -0.2) is 11.1 Å². The number of rotatable bonds is 2. The number of nitrogens with zero attached hydrogens (tertiary/aromatic N) is 1. The number of hydrogen-bond donors (Lipinski definition) is 1. The minimum absolute atomic E-state index is 0.0841. The Kier molecular flexibility index (Phi) is 3.68. The van der Waals surface area contributed by atoms with Crippen LogP contribution in [-0.2, 0) is 19.3 Å². The monoisotopic (exact) mass is 310 g/mol. The van der Waals surface area contributed by atoms with Crippen LogP contribution in [0, 0.1) is 5.92 Å². The standard InChI is InChI=1S/C19H22N2O2/c1-12-9-10-17-15(11-12)18(21-23-17)19(22)20-16-8-4-6-13-5-2-3-7-14(13)16/h2-3,5,7,12,16H,4,6,8-11H2,1H3,(H,20,22). The van der Waals surface area contributed by atoms with Crippen molar-refractivity contribution >= 4 is 5.91 Å². The molecule has 120 valence electrons. The van der Waals surface area contributed by atoms with Crippen molar-refractivity contribution in [1.29, 1.82) is 0 Å². The first-order chi connectivity index (χ1) is 11.2. The van der Waals surface area contributed by atoms with Gasteiger partial charge in [-0.15, -0.1) is 0 Å². The van der Waals surface area contributed by atoms with Crippen LogP contribution in [0.2, 0.25) is 0 Å². The van der Waals surface area contributed by atoms with Crippen LogP contribution in [0.5, 0.6) is 0 Å². The van der Waals surface area contributed by atoms with E-state index in [0.29, 0.717) is 11.6 Å². The van der Waals surface area contributed by atoms with Crippen molar-refractivity contribution in [1.82, 2.24) is 10.5 Å². The summed E-state index contributed by atoms with van der Waals surface area (Å²) in [6, 6.07) is 8.48. The number of carbonyl (C=O) groups is 1. The van der Waals surface area contributed by atoms with E-state index in [0.717, 1.165) is 49.8 Å². The lowest BCUT2D eigenvalue weighted by molar-refractivity contribution is 0.0922. The summed E-state index contributed by atoms with van der Waals surface area (Å²) >= 11 is 0. The summed E-state index contributed by atoms with van der Waals surface area (Å²) < 4.78 is 5.40. The van der Waals surface area contributed by atoms with Crippen LogP contribution in [0.1, 0.15) is 65.2 Å². The maximum atomic E-state index is 12.7. The average molecular weight is 310 g/mol. The van der Waals surface area contributed by atoms with Gasteiger partial charge in [0.15, 0.2) is 5.69 Å². The molecule has 4 heteroatoms. The molecule has 0 radical (unpaired) electrons. The van der Waals surface area contributed by atoms with Gasteiger partial charge in [-0.2, -0.15) is 0 Å². The summed E-state index contributed by atoms with van der Waals surface area (Å²) in [5.74, 6) is 1.40. The molecule has 0 bridgehead atoms. The second kappa shape index (κ2) is 5.84. The zero-order valence-electron chi connectivity index (χ0n) is 13.5. The molecule has 23 heavy (non-hydrogen) atoms. The molecule has 2 unspecified atom stereocenters. The molecule has 0 fully saturated rings. The molecule has 0 saturated carbocycles. The van der Waals surface area contributed by atoms with Crippen LogP contribution in [0.25, 0.3) is 0 Å². The zero-order chi connectivity index (χ0) is 15.8. The fourth-order valence-corrected chi connectivity index (χ4v) is 3.89. The topological polar surface area (TPSA) is 55.1 Å². The van der Waals surface area contributed by atoms with Crippen molar-refractivity contribution in [2.45, 2.75) is 51.5 Å². The third-order valence-corrected chi connectivity index (χ3v) is 5.18. The number of aromatic nitrogens is 1. The highest BCUT2D eigenvalue weighted by Crippen LogP contribution is 2.31. The van der Waals surface area contributed by atoms with Gasteiger partial charge in [0.1, 0.15) is 5.76 Å². The van der Waals surface area contributed by atoms with Gasteiger partial charge in [-0.25, -0.2) is 0 Å². The third kappa shape index (κ3) is 2.67. The number of benzene rings is 1. The van der Waals surface area contributed by atoms with E-state index in [1.54, 1.807) is 0 Å². The summed E-state index contributed by atoms with van der Waals surface area (Å²) in [6.07, 6.45) is 6.08. The molecule has 1 heterocycles. The Hall–Kier alpha value is -2.10. The van der Waals surface area contributed by atoms with Gasteiger partial charge in [0.05, 0.1) is 6.04 Å². The number of carbonyl (C=O) groups excluding carboxylic acids is 1. The molecule has 2 aliphatic rings. The Morgan fingerprint density at radius 2 is 2.13 bits per heavy atom. The number of nitrogens with one attached hydrogen (secondary N) is 1. The fourth-order valence-electron chi connectivity index (χ4n) is 3.89. The molecule has 4 rings (SSSR count). The van der Waals surface area contributed by atoms with Gasteiger partial charge in [0, 0.05) is 12.0 Å². The van der Waals surface area contributed by atoms with E-state index >= 15 is 0 Å².